The number of thiophene rings is 1. The first kappa shape index (κ1) is 16.2. The Hall–Kier alpha value is -2.18. The molecule has 5 N–H and O–H groups in total. The van der Waals surface area contributed by atoms with E-state index in [1.807, 2.05) is 23.7 Å². The van der Waals surface area contributed by atoms with E-state index in [0.29, 0.717) is 0 Å². The van der Waals surface area contributed by atoms with Crippen LogP contribution in [0.15, 0.2) is 41.8 Å². The van der Waals surface area contributed by atoms with E-state index in [9.17, 15) is 9.59 Å². The number of primary amides is 1. The molecule has 0 fully saturated rings. The third-order valence-corrected chi connectivity index (χ3v) is 4.24. The van der Waals surface area contributed by atoms with Crippen LogP contribution in [0.25, 0.3) is 0 Å². The minimum Gasteiger partial charge on any atom is -0.368 e. The fourth-order valence-corrected chi connectivity index (χ4v) is 2.99. The van der Waals surface area contributed by atoms with Crippen LogP contribution < -0.4 is 16.4 Å². The molecule has 5 nitrogen and oxygen atoms in total. The van der Waals surface area contributed by atoms with Gasteiger partial charge >= 0.3 is 0 Å². The molecule has 22 heavy (non-hydrogen) atoms. The van der Waals surface area contributed by atoms with Crippen LogP contribution in [0.3, 0.4) is 0 Å². The van der Waals surface area contributed by atoms with Gasteiger partial charge in [-0.25, -0.2) is 0 Å². The van der Waals surface area contributed by atoms with Crippen molar-refractivity contribution in [2.75, 3.05) is 13.1 Å². The van der Waals surface area contributed by atoms with Crippen LogP contribution in [0.1, 0.15) is 22.0 Å². The highest BCUT2D eigenvalue weighted by molar-refractivity contribution is 7.10. The van der Waals surface area contributed by atoms with Crippen molar-refractivity contribution in [3.8, 4) is 0 Å². The molecule has 0 aliphatic carbocycles. The van der Waals surface area contributed by atoms with E-state index >= 15 is 0 Å². The van der Waals surface area contributed by atoms with E-state index in [-0.39, 0.29) is 25.0 Å². The van der Waals surface area contributed by atoms with E-state index in [0.717, 1.165) is 5.56 Å². The molecule has 1 aromatic heterocycles. The number of rotatable bonds is 7. The number of amides is 2. The highest BCUT2D eigenvalue weighted by Crippen LogP contribution is 2.22. The second-order valence-corrected chi connectivity index (χ2v) is 6.07. The van der Waals surface area contributed by atoms with Crippen LogP contribution >= 0.6 is 11.3 Å². The summed E-state index contributed by atoms with van der Waals surface area (Å²) in [6.45, 7) is 2.16. The summed E-state index contributed by atoms with van der Waals surface area (Å²) in [7, 11) is 0. The summed E-state index contributed by atoms with van der Waals surface area (Å²) in [6.07, 6.45) is 0. The largest absolute Gasteiger partial charge is 0.368 e. The molecule has 1 atom stereocenters. The number of benzene rings is 1. The highest BCUT2D eigenvalue weighted by Gasteiger charge is 2.19. The Balaban J connectivity index is 2.05. The molecule has 1 aromatic carbocycles. The molecule has 0 unspecified atom stereocenters. The normalized spacial score (nSPS) is 11.9. The third-order valence-electron chi connectivity index (χ3n) is 3.28. The van der Waals surface area contributed by atoms with Gasteiger partial charge in [0, 0.05) is 5.56 Å². The topological polar surface area (TPSA) is 88.8 Å². The Kier molecular flexibility index (Phi) is 5.68. The molecule has 0 aliphatic rings. The molecule has 1 heterocycles. The maximum atomic E-state index is 11.8. The van der Waals surface area contributed by atoms with Gasteiger partial charge in [0.2, 0.25) is 5.91 Å². The Bertz CT molecular complexity index is 623. The Morgan fingerprint density at radius 3 is 2.59 bits per heavy atom. The Labute approximate surface area is 133 Å². The molecule has 0 radical (unpaired) electrons. The number of nitrogens with one attached hydrogen (secondary N) is 1. The fourth-order valence-electron chi connectivity index (χ4n) is 2.14. The van der Waals surface area contributed by atoms with Crippen molar-refractivity contribution in [1.82, 2.24) is 5.32 Å². The molecule has 6 heteroatoms. The lowest BCUT2D eigenvalue weighted by molar-refractivity contribution is -0.676. The van der Waals surface area contributed by atoms with Gasteiger partial charge in [0.25, 0.3) is 5.91 Å². The molecular weight excluding hydrogens is 298 g/mol. The number of hydrogen-bond donors (Lipinski definition) is 3. The van der Waals surface area contributed by atoms with Gasteiger partial charge in [-0.1, -0.05) is 35.9 Å². The van der Waals surface area contributed by atoms with Crippen molar-refractivity contribution in [2.24, 2.45) is 5.73 Å². The average Bonchev–Trinajstić information content (AvgIpc) is 3.01. The van der Waals surface area contributed by atoms with E-state index in [1.54, 1.807) is 11.3 Å². The first-order valence-corrected chi connectivity index (χ1v) is 7.92. The molecule has 0 spiro atoms. The SMILES string of the molecule is Cc1ccc([C@H]([NH2+]CC(=O)NCC(N)=O)c2cccs2)cc1. The first-order valence-electron chi connectivity index (χ1n) is 7.04. The van der Waals surface area contributed by atoms with Crippen molar-refractivity contribution in [3.05, 3.63) is 57.8 Å². The molecule has 0 saturated carbocycles. The van der Waals surface area contributed by atoms with Crippen LogP contribution in [-0.4, -0.2) is 24.9 Å². The van der Waals surface area contributed by atoms with Crippen LogP contribution in [0.4, 0.5) is 0 Å². The number of hydrogen-bond acceptors (Lipinski definition) is 3. The predicted molar refractivity (Wildman–Crippen MR) is 86.3 cm³/mol. The maximum absolute atomic E-state index is 11.8. The number of carbonyl (C=O) groups is 2. The summed E-state index contributed by atoms with van der Waals surface area (Å²) in [5.41, 5.74) is 7.37. The van der Waals surface area contributed by atoms with Crippen molar-refractivity contribution in [2.45, 2.75) is 13.0 Å². The van der Waals surface area contributed by atoms with Crippen LogP contribution in [0.2, 0.25) is 0 Å². The smallest absolute Gasteiger partial charge is 0.275 e. The summed E-state index contributed by atoms with van der Waals surface area (Å²) in [5, 5.41) is 6.49. The van der Waals surface area contributed by atoms with E-state index < -0.39 is 5.91 Å². The summed E-state index contributed by atoms with van der Waals surface area (Å²) >= 11 is 1.66. The maximum Gasteiger partial charge on any atom is 0.275 e. The molecule has 0 bridgehead atoms. The van der Waals surface area contributed by atoms with Gasteiger partial charge in [0.05, 0.1) is 11.4 Å². The zero-order valence-corrected chi connectivity index (χ0v) is 13.2. The molecule has 2 rings (SSSR count). The summed E-state index contributed by atoms with van der Waals surface area (Å²) in [6, 6.07) is 12.4. The molecule has 2 aromatic rings. The van der Waals surface area contributed by atoms with Gasteiger partial charge in [-0.05, 0) is 18.4 Å². The van der Waals surface area contributed by atoms with Crippen LogP contribution in [0, 0.1) is 6.92 Å². The lowest BCUT2D eigenvalue weighted by Gasteiger charge is -2.15. The predicted octanol–water partition coefficient (Wildman–Crippen LogP) is 0.311. The fraction of sp³-hybridized carbons (Fsp3) is 0.250. The van der Waals surface area contributed by atoms with Gasteiger partial charge in [-0.3, -0.25) is 9.59 Å². The van der Waals surface area contributed by atoms with Gasteiger partial charge in [0.1, 0.15) is 6.04 Å². The zero-order chi connectivity index (χ0) is 15.9. The monoisotopic (exact) mass is 318 g/mol. The lowest BCUT2D eigenvalue weighted by Crippen LogP contribution is -2.87. The minimum absolute atomic E-state index is 0.0694. The van der Waals surface area contributed by atoms with E-state index in [4.69, 9.17) is 5.73 Å². The van der Waals surface area contributed by atoms with Crippen molar-refractivity contribution in [3.63, 3.8) is 0 Å². The average molecular weight is 318 g/mol. The molecular formula is C16H20N3O2S+. The van der Waals surface area contributed by atoms with Gasteiger partial charge in [-0.15, -0.1) is 11.3 Å². The van der Waals surface area contributed by atoms with Crippen molar-refractivity contribution >= 4 is 23.2 Å². The quantitative estimate of drug-likeness (QED) is 0.686. The minimum atomic E-state index is -0.540. The number of nitrogens with two attached hydrogens (primary N) is 2. The summed E-state index contributed by atoms with van der Waals surface area (Å²) in [4.78, 5) is 23.6. The van der Waals surface area contributed by atoms with Gasteiger partial charge < -0.3 is 16.4 Å². The van der Waals surface area contributed by atoms with Crippen LogP contribution in [0.5, 0.6) is 0 Å². The molecule has 116 valence electrons. The number of carbonyl (C=O) groups excluding carboxylic acids is 2. The second-order valence-electron chi connectivity index (χ2n) is 5.09. The van der Waals surface area contributed by atoms with Crippen molar-refractivity contribution < 1.29 is 14.9 Å². The first-order chi connectivity index (χ1) is 10.6. The second kappa shape index (κ2) is 7.72. The van der Waals surface area contributed by atoms with E-state index in [2.05, 4.69) is 35.6 Å². The van der Waals surface area contributed by atoms with Gasteiger partial charge in [-0.2, -0.15) is 0 Å². The third kappa shape index (κ3) is 4.68. The van der Waals surface area contributed by atoms with Crippen LogP contribution in [-0.2, 0) is 9.59 Å². The van der Waals surface area contributed by atoms with Crippen molar-refractivity contribution in [1.29, 1.82) is 0 Å². The molecule has 0 aliphatic heterocycles. The zero-order valence-electron chi connectivity index (χ0n) is 12.4. The Morgan fingerprint density at radius 1 is 1.27 bits per heavy atom. The standard InChI is InChI=1S/C16H19N3O2S/c1-11-4-6-12(7-5-11)16(13-3-2-8-22-13)19-10-15(21)18-9-14(17)20/h2-8,16,19H,9-10H2,1H3,(H2,17,20)(H,18,21)/p+1/t16-/m0/s1. The molecule has 0 saturated heterocycles. The number of aryl methyl sites for hydroxylation is 1. The highest BCUT2D eigenvalue weighted by atomic mass is 32.1. The van der Waals surface area contributed by atoms with Gasteiger partial charge in [0.15, 0.2) is 6.54 Å². The van der Waals surface area contributed by atoms with E-state index in [1.165, 1.54) is 10.4 Å². The summed E-state index contributed by atoms with van der Waals surface area (Å²) < 4.78 is 0. The summed E-state index contributed by atoms with van der Waals surface area (Å²) in [5.74, 6) is -0.742. The lowest BCUT2D eigenvalue weighted by atomic mass is 10.0. The Morgan fingerprint density at radius 2 is 2.00 bits per heavy atom. The number of quaternary nitrogens is 1. The molecule has 2 amide bonds.